The molecule has 18 heavy (non-hydrogen) atoms. The van der Waals surface area contributed by atoms with E-state index in [1.54, 1.807) is 0 Å². The number of ether oxygens (including phenoxy) is 1. The van der Waals surface area contributed by atoms with Crippen LogP contribution in [-0.2, 0) is 4.79 Å². The van der Waals surface area contributed by atoms with Gasteiger partial charge in [-0.2, -0.15) is 0 Å². The van der Waals surface area contributed by atoms with Gasteiger partial charge in [-0.1, -0.05) is 12.1 Å². The zero-order chi connectivity index (χ0) is 13.0. The minimum atomic E-state index is -0.256. The van der Waals surface area contributed by atoms with Crippen LogP contribution >= 0.6 is 0 Å². The van der Waals surface area contributed by atoms with Gasteiger partial charge in [0, 0.05) is 13.1 Å². The van der Waals surface area contributed by atoms with E-state index < -0.39 is 0 Å². The summed E-state index contributed by atoms with van der Waals surface area (Å²) in [6, 6.07) is 8.10. The zero-order valence-electron chi connectivity index (χ0n) is 10.8. The number of benzene rings is 1. The van der Waals surface area contributed by atoms with Crippen LogP contribution in [0.1, 0.15) is 18.4 Å². The number of primary amides is 1. The van der Waals surface area contributed by atoms with Gasteiger partial charge in [0.15, 0.2) is 0 Å². The van der Waals surface area contributed by atoms with Crippen LogP contribution in [0.5, 0.6) is 5.75 Å². The minimum Gasteiger partial charge on any atom is -0.490 e. The predicted molar refractivity (Wildman–Crippen MR) is 70.5 cm³/mol. The number of carbonyl (C=O) groups is 1. The molecular formula is C14H20N2O2. The van der Waals surface area contributed by atoms with E-state index in [0.29, 0.717) is 6.54 Å². The SMILES string of the molecule is Cc1cccc(OC2CCN(CC(N)=O)CC2)c1. The highest BCUT2D eigenvalue weighted by molar-refractivity contribution is 5.75. The number of hydrogen-bond donors (Lipinski definition) is 1. The molecule has 1 amide bonds. The summed E-state index contributed by atoms with van der Waals surface area (Å²) < 4.78 is 5.95. The maximum absolute atomic E-state index is 10.8. The second-order valence-corrected chi connectivity index (χ2v) is 4.88. The molecule has 0 atom stereocenters. The lowest BCUT2D eigenvalue weighted by Crippen LogP contribution is -2.42. The van der Waals surface area contributed by atoms with Crippen LogP contribution in [0.3, 0.4) is 0 Å². The number of carbonyl (C=O) groups excluding carboxylic acids is 1. The maximum atomic E-state index is 10.8. The molecule has 0 radical (unpaired) electrons. The molecule has 1 saturated heterocycles. The lowest BCUT2D eigenvalue weighted by Gasteiger charge is -2.31. The first-order chi connectivity index (χ1) is 8.63. The van der Waals surface area contributed by atoms with Crippen molar-refractivity contribution in [2.45, 2.75) is 25.9 Å². The number of piperidine rings is 1. The van der Waals surface area contributed by atoms with Gasteiger partial charge in [-0.15, -0.1) is 0 Å². The van der Waals surface area contributed by atoms with Gasteiger partial charge in [-0.05, 0) is 37.5 Å². The summed E-state index contributed by atoms with van der Waals surface area (Å²) in [4.78, 5) is 12.9. The fourth-order valence-corrected chi connectivity index (χ4v) is 2.29. The summed E-state index contributed by atoms with van der Waals surface area (Å²) >= 11 is 0. The van der Waals surface area contributed by atoms with E-state index in [0.717, 1.165) is 31.7 Å². The molecule has 1 aliphatic heterocycles. The fraction of sp³-hybridized carbons (Fsp3) is 0.500. The van der Waals surface area contributed by atoms with E-state index in [2.05, 4.69) is 24.0 Å². The molecule has 2 N–H and O–H groups in total. The average molecular weight is 248 g/mol. The Bertz CT molecular complexity index is 412. The molecule has 1 heterocycles. The van der Waals surface area contributed by atoms with Crippen LogP contribution in [0.2, 0.25) is 0 Å². The number of amides is 1. The molecular weight excluding hydrogens is 228 g/mol. The summed E-state index contributed by atoms with van der Waals surface area (Å²) in [5.74, 6) is 0.677. The van der Waals surface area contributed by atoms with Crippen molar-refractivity contribution in [3.63, 3.8) is 0 Å². The maximum Gasteiger partial charge on any atom is 0.231 e. The average Bonchev–Trinajstić information content (AvgIpc) is 2.31. The quantitative estimate of drug-likeness (QED) is 0.874. The van der Waals surface area contributed by atoms with Gasteiger partial charge in [0.25, 0.3) is 0 Å². The van der Waals surface area contributed by atoms with E-state index >= 15 is 0 Å². The molecule has 0 unspecified atom stereocenters. The monoisotopic (exact) mass is 248 g/mol. The first-order valence-corrected chi connectivity index (χ1v) is 6.37. The first kappa shape index (κ1) is 12.9. The molecule has 4 heteroatoms. The van der Waals surface area contributed by atoms with Crippen LogP contribution in [0.4, 0.5) is 0 Å². The van der Waals surface area contributed by atoms with Crippen molar-refractivity contribution in [3.05, 3.63) is 29.8 Å². The Kier molecular flexibility index (Phi) is 4.20. The molecule has 1 fully saturated rings. The lowest BCUT2D eigenvalue weighted by molar-refractivity contribution is -0.119. The van der Waals surface area contributed by atoms with Crippen LogP contribution in [0.25, 0.3) is 0 Å². The summed E-state index contributed by atoms with van der Waals surface area (Å²) in [5, 5.41) is 0. The van der Waals surface area contributed by atoms with Crippen molar-refractivity contribution in [3.8, 4) is 5.75 Å². The molecule has 4 nitrogen and oxygen atoms in total. The van der Waals surface area contributed by atoms with E-state index in [9.17, 15) is 4.79 Å². The number of likely N-dealkylation sites (tertiary alicyclic amines) is 1. The molecule has 1 aromatic carbocycles. The third-order valence-electron chi connectivity index (χ3n) is 3.21. The molecule has 0 spiro atoms. The van der Waals surface area contributed by atoms with E-state index in [1.807, 2.05) is 12.1 Å². The number of aryl methyl sites for hydroxylation is 1. The van der Waals surface area contributed by atoms with Gasteiger partial charge in [0.1, 0.15) is 11.9 Å². The van der Waals surface area contributed by atoms with Gasteiger partial charge in [0.05, 0.1) is 6.54 Å². The number of rotatable bonds is 4. The van der Waals surface area contributed by atoms with Crippen molar-refractivity contribution < 1.29 is 9.53 Å². The van der Waals surface area contributed by atoms with Gasteiger partial charge in [0.2, 0.25) is 5.91 Å². The molecule has 2 rings (SSSR count). The molecule has 1 aliphatic rings. The Hall–Kier alpha value is -1.55. The van der Waals surface area contributed by atoms with E-state index in [1.165, 1.54) is 5.56 Å². The fourth-order valence-electron chi connectivity index (χ4n) is 2.29. The summed E-state index contributed by atoms with van der Waals surface area (Å²) in [6.07, 6.45) is 2.14. The van der Waals surface area contributed by atoms with Crippen molar-refractivity contribution in [1.82, 2.24) is 4.90 Å². The summed E-state index contributed by atoms with van der Waals surface area (Å²) in [5.41, 5.74) is 6.39. The highest BCUT2D eigenvalue weighted by Crippen LogP contribution is 2.19. The highest BCUT2D eigenvalue weighted by atomic mass is 16.5. The van der Waals surface area contributed by atoms with Crippen LogP contribution in [-0.4, -0.2) is 36.5 Å². The van der Waals surface area contributed by atoms with Crippen molar-refractivity contribution in [1.29, 1.82) is 0 Å². The Balaban J connectivity index is 1.81. The Morgan fingerprint density at radius 2 is 2.17 bits per heavy atom. The third kappa shape index (κ3) is 3.74. The number of hydrogen-bond acceptors (Lipinski definition) is 3. The lowest BCUT2D eigenvalue weighted by atomic mass is 10.1. The Morgan fingerprint density at radius 1 is 1.44 bits per heavy atom. The zero-order valence-corrected chi connectivity index (χ0v) is 10.8. The molecule has 1 aromatic rings. The van der Waals surface area contributed by atoms with Crippen molar-refractivity contribution in [2.75, 3.05) is 19.6 Å². The van der Waals surface area contributed by atoms with Gasteiger partial charge >= 0.3 is 0 Å². The molecule has 0 saturated carbocycles. The standard InChI is InChI=1S/C14H20N2O2/c1-11-3-2-4-13(9-11)18-12-5-7-16(8-6-12)10-14(15)17/h2-4,9,12H,5-8,10H2,1H3,(H2,15,17). The van der Waals surface area contributed by atoms with Gasteiger partial charge in [-0.3, -0.25) is 9.69 Å². The van der Waals surface area contributed by atoms with Crippen molar-refractivity contribution >= 4 is 5.91 Å². The smallest absolute Gasteiger partial charge is 0.231 e. The Morgan fingerprint density at radius 3 is 2.78 bits per heavy atom. The minimum absolute atomic E-state index is 0.246. The molecule has 0 aliphatic carbocycles. The van der Waals surface area contributed by atoms with Crippen LogP contribution < -0.4 is 10.5 Å². The largest absolute Gasteiger partial charge is 0.490 e. The second kappa shape index (κ2) is 5.87. The van der Waals surface area contributed by atoms with Gasteiger partial charge < -0.3 is 10.5 Å². The summed E-state index contributed by atoms with van der Waals surface area (Å²) in [7, 11) is 0. The molecule has 0 aromatic heterocycles. The number of nitrogens with zero attached hydrogens (tertiary/aromatic N) is 1. The normalized spacial score (nSPS) is 17.6. The predicted octanol–water partition coefficient (Wildman–Crippen LogP) is 1.32. The second-order valence-electron chi connectivity index (χ2n) is 4.88. The molecule has 0 bridgehead atoms. The van der Waals surface area contributed by atoms with Crippen molar-refractivity contribution in [2.24, 2.45) is 5.73 Å². The third-order valence-corrected chi connectivity index (χ3v) is 3.21. The van der Waals surface area contributed by atoms with Crippen LogP contribution in [0.15, 0.2) is 24.3 Å². The summed E-state index contributed by atoms with van der Waals surface area (Å²) in [6.45, 7) is 4.17. The first-order valence-electron chi connectivity index (χ1n) is 6.37. The number of nitrogens with two attached hydrogens (primary N) is 1. The molecule has 98 valence electrons. The van der Waals surface area contributed by atoms with Gasteiger partial charge in [-0.25, -0.2) is 0 Å². The topological polar surface area (TPSA) is 55.6 Å². The highest BCUT2D eigenvalue weighted by Gasteiger charge is 2.21. The van der Waals surface area contributed by atoms with Crippen LogP contribution in [0, 0.1) is 6.92 Å². The van der Waals surface area contributed by atoms with E-state index in [-0.39, 0.29) is 12.0 Å². The Labute approximate surface area is 108 Å². The van der Waals surface area contributed by atoms with E-state index in [4.69, 9.17) is 10.5 Å².